The Balaban J connectivity index is 2.78. The van der Waals surface area contributed by atoms with E-state index in [1.807, 2.05) is 6.07 Å². The average Bonchev–Trinajstić information content (AvgIpc) is 2.34. The van der Waals surface area contributed by atoms with Crippen molar-refractivity contribution in [2.24, 2.45) is 0 Å². The lowest BCUT2D eigenvalue weighted by Crippen LogP contribution is -1.72. The minimum Gasteiger partial charge on any atom is -0.472 e. The molecule has 10 heavy (non-hydrogen) atoms. The van der Waals surface area contributed by atoms with Crippen LogP contribution in [0.5, 0.6) is 0 Å². The van der Waals surface area contributed by atoms with Gasteiger partial charge in [0.25, 0.3) is 0 Å². The molecule has 50 valence electrons. The predicted molar refractivity (Wildman–Crippen MR) is 40.1 cm³/mol. The van der Waals surface area contributed by atoms with E-state index in [4.69, 9.17) is 4.42 Å². The Kier molecular flexibility index (Phi) is 1.04. The van der Waals surface area contributed by atoms with Crippen molar-refractivity contribution in [1.82, 2.24) is 0 Å². The highest BCUT2D eigenvalue weighted by atomic mass is 16.3. The summed E-state index contributed by atoms with van der Waals surface area (Å²) in [5, 5.41) is 0. The van der Waals surface area contributed by atoms with E-state index in [9.17, 15) is 0 Å². The molecule has 1 aliphatic heterocycles. The van der Waals surface area contributed by atoms with Crippen LogP contribution in [0.15, 0.2) is 35.1 Å². The van der Waals surface area contributed by atoms with Gasteiger partial charge in [-0.25, -0.2) is 0 Å². The van der Waals surface area contributed by atoms with E-state index in [0.717, 1.165) is 0 Å². The van der Waals surface area contributed by atoms with E-state index in [2.05, 4.69) is 19.1 Å². The molecule has 0 radical (unpaired) electrons. The first-order valence-electron chi connectivity index (χ1n) is 3.29. The van der Waals surface area contributed by atoms with Crippen LogP contribution in [0.2, 0.25) is 0 Å². The molecule has 1 aliphatic carbocycles. The molecule has 1 nitrogen and oxygen atoms in total. The zero-order chi connectivity index (χ0) is 6.97. The largest absolute Gasteiger partial charge is 0.472 e. The van der Waals surface area contributed by atoms with Crippen LogP contribution >= 0.6 is 0 Å². The van der Waals surface area contributed by atoms with Crippen LogP contribution in [0.1, 0.15) is 5.56 Å². The van der Waals surface area contributed by atoms with Crippen LogP contribution in [0.3, 0.4) is 0 Å². The third-order valence-electron chi connectivity index (χ3n) is 1.76. The minimum atomic E-state index is 1.21. The molecule has 0 saturated carbocycles. The number of hydrogen-bond acceptors (Lipinski definition) is 1. The minimum absolute atomic E-state index is 1.21. The van der Waals surface area contributed by atoms with Gasteiger partial charge in [-0.3, -0.25) is 0 Å². The SMILES string of the molecule is Cc1ccc2ccocc1-2. The summed E-state index contributed by atoms with van der Waals surface area (Å²) in [6.07, 6.45) is 3.48. The lowest BCUT2D eigenvalue weighted by molar-refractivity contribution is 0.552. The molecular formula is C9H8O. The van der Waals surface area contributed by atoms with Gasteiger partial charge < -0.3 is 4.42 Å². The first-order chi connectivity index (χ1) is 4.88. The van der Waals surface area contributed by atoms with Gasteiger partial charge in [0.2, 0.25) is 0 Å². The Morgan fingerprint density at radius 2 is 2.10 bits per heavy atom. The Morgan fingerprint density at radius 3 is 2.90 bits per heavy atom. The van der Waals surface area contributed by atoms with Crippen LogP contribution in [0.4, 0.5) is 0 Å². The molecule has 0 atom stereocenters. The zero-order valence-electron chi connectivity index (χ0n) is 5.79. The maximum Gasteiger partial charge on any atom is 0.0982 e. The maximum absolute atomic E-state index is 5.03. The first kappa shape index (κ1) is 5.54. The molecule has 0 aromatic carbocycles. The molecule has 0 spiro atoms. The number of rotatable bonds is 0. The van der Waals surface area contributed by atoms with E-state index in [1.54, 1.807) is 12.5 Å². The fourth-order valence-corrected chi connectivity index (χ4v) is 1.15. The highest BCUT2D eigenvalue weighted by Crippen LogP contribution is 2.25. The maximum atomic E-state index is 5.03. The zero-order valence-corrected chi connectivity index (χ0v) is 5.79. The summed E-state index contributed by atoms with van der Waals surface area (Å²) in [5.74, 6) is 0. The quantitative estimate of drug-likeness (QED) is 0.537. The normalized spacial score (nSPS) is 10.5. The summed E-state index contributed by atoms with van der Waals surface area (Å²) in [7, 11) is 0. The van der Waals surface area contributed by atoms with E-state index >= 15 is 0 Å². The molecule has 0 unspecified atom stereocenters. The second-order valence-corrected chi connectivity index (χ2v) is 2.44. The van der Waals surface area contributed by atoms with Gasteiger partial charge in [-0.05, 0) is 24.1 Å². The summed E-state index contributed by atoms with van der Waals surface area (Å²) >= 11 is 0. The lowest BCUT2D eigenvalue weighted by atomic mass is 10.1. The van der Waals surface area contributed by atoms with Crippen molar-refractivity contribution in [2.75, 3.05) is 0 Å². The van der Waals surface area contributed by atoms with Gasteiger partial charge in [-0.2, -0.15) is 0 Å². The van der Waals surface area contributed by atoms with Crippen LogP contribution in [-0.4, -0.2) is 0 Å². The molecule has 0 amide bonds. The summed E-state index contributed by atoms with van der Waals surface area (Å²) in [5.41, 5.74) is 3.74. The van der Waals surface area contributed by atoms with Crippen molar-refractivity contribution < 1.29 is 4.42 Å². The average molecular weight is 132 g/mol. The monoisotopic (exact) mass is 132 g/mol. The van der Waals surface area contributed by atoms with Crippen molar-refractivity contribution >= 4 is 0 Å². The first-order valence-corrected chi connectivity index (χ1v) is 3.29. The molecule has 0 saturated heterocycles. The molecular weight excluding hydrogens is 124 g/mol. The predicted octanol–water partition coefficient (Wildman–Crippen LogP) is 2.69. The van der Waals surface area contributed by atoms with Crippen molar-refractivity contribution in [2.45, 2.75) is 6.92 Å². The fourth-order valence-electron chi connectivity index (χ4n) is 1.15. The van der Waals surface area contributed by atoms with Crippen molar-refractivity contribution in [3.8, 4) is 11.1 Å². The van der Waals surface area contributed by atoms with Crippen LogP contribution in [-0.2, 0) is 0 Å². The van der Waals surface area contributed by atoms with Gasteiger partial charge >= 0.3 is 0 Å². The summed E-state index contributed by atoms with van der Waals surface area (Å²) in [6.45, 7) is 2.08. The molecule has 2 rings (SSSR count). The summed E-state index contributed by atoms with van der Waals surface area (Å²) in [4.78, 5) is 0. The topological polar surface area (TPSA) is 13.1 Å². The molecule has 2 aliphatic rings. The van der Waals surface area contributed by atoms with Gasteiger partial charge in [0.1, 0.15) is 0 Å². The standard InChI is InChI=1S/C9H8O/c1-7-2-3-8-4-5-10-6-9(7)8/h2-6H,1H3. The smallest absolute Gasteiger partial charge is 0.0982 e. The molecule has 0 bridgehead atoms. The molecule has 0 N–H and O–H groups in total. The van der Waals surface area contributed by atoms with Crippen LogP contribution in [0, 0.1) is 6.92 Å². The van der Waals surface area contributed by atoms with Gasteiger partial charge in [-0.1, -0.05) is 12.1 Å². The van der Waals surface area contributed by atoms with Gasteiger partial charge in [0.05, 0.1) is 12.5 Å². The number of hydrogen-bond donors (Lipinski definition) is 0. The highest BCUT2D eigenvalue weighted by molar-refractivity contribution is 5.68. The van der Waals surface area contributed by atoms with E-state index < -0.39 is 0 Å². The third-order valence-corrected chi connectivity index (χ3v) is 1.76. The lowest BCUT2D eigenvalue weighted by Gasteiger charge is -1.95. The number of fused-ring (bicyclic) bond motifs is 1. The van der Waals surface area contributed by atoms with E-state index in [0.29, 0.717) is 0 Å². The Morgan fingerprint density at radius 1 is 1.20 bits per heavy atom. The highest BCUT2D eigenvalue weighted by Gasteiger charge is 2.03. The third kappa shape index (κ3) is 0.637. The molecule has 1 heteroatoms. The van der Waals surface area contributed by atoms with Gasteiger partial charge in [0, 0.05) is 5.56 Å². The summed E-state index contributed by atoms with van der Waals surface area (Å²) in [6, 6.07) is 6.17. The van der Waals surface area contributed by atoms with Crippen molar-refractivity contribution in [1.29, 1.82) is 0 Å². The van der Waals surface area contributed by atoms with E-state index in [1.165, 1.54) is 16.7 Å². The van der Waals surface area contributed by atoms with Crippen LogP contribution < -0.4 is 0 Å². The van der Waals surface area contributed by atoms with E-state index in [-0.39, 0.29) is 0 Å². The summed E-state index contributed by atoms with van der Waals surface area (Å²) < 4.78 is 5.03. The number of aryl methyl sites for hydroxylation is 1. The molecule has 1 heterocycles. The van der Waals surface area contributed by atoms with Crippen molar-refractivity contribution in [3.05, 3.63) is 36.3 Å². The Bertz CT molecular complexity index is 309. The Labute approximate surface area is 59.6 Å². The molecule has 0 aromatic rings. The van der Waals surface area contributed by atoms with Gasteiger partial charge in [-0.15, -0.1) is 0 Å². The second-order valence-electron chi connectivity index (χ2n) is 2.44. The molecule has 0 fully saturated rings. The molecule has 0 aromatic heterocycles. The van der Waals surface area contributed by atoms with Gasteiger partial charge in [0.15, 0.2) is 0 Å². The van der Waals surface area contributed by atoms with Crippen molar-refractivity contribution in [3.63, 3.8) is 0 Å². The van der Waals surface area contributed by atoms with Crippen LogP contribution in [0.25, 0.3) is 11.1 Å². The second kappa shape index (κ2) is 1.87. The Hall–Kier alpha value is -1.24. The fraction of sp³-hybridized carbons (Fsp3) is 0.111.